The van der Waals surface area contributed by atoms with Crippen LogP contribution in [0.3, 0.4) is 0 Å². The summed E-state index contributed by atoms with van der Waals surface area (Å²) in [6.45, 7) is 1.86. The molecule has 6 nitrogen and oxygen atoms in total. The quantitative estimate of drug-likeness (QED) is 0.526. The van der Waals surface area contributed by atoms with Crippen LogP contribution in [0.15, 0.2) is 47.6 Å². The topological polar surface area (TPSA) is 69.2 Å². The third-order valence-electron chi connectivity index (χ3n) is 3.79. The summed E-state index contributed by atoms with van der Waals surface area (Å²) in [6, 6.07) is 13.5. The third-order valence-corrected chi connectivity index (χ3v) is 5.00. The van der Waals surface area contributed by atoms with Crippen LogP contribution in [0.2, 0.25) is 0 Å². The highest BCUT2D eigenvalue weighted by Gasteiger charge is 2.14. The number of benzene rings is 2. The number of carbonyl (C=O) groups excluding carboxylic acids is 1. The molecule has 0 aromatic heterocycles. The van der Waals surface area contributed by atoms with Gasteiger partial charge < -0.3 is 14.2 Å². The Morgan fingerprint density at radius 2 is 1.74 bits per heavy atom. The van der Waals surface area contributed by atoms with Gasteiger partial charge in [0.05, 0.1) is 32.8 Å². The molecular formula is C20H24N2O4S. The Hall–Kier alpha value is -2.67. The highest BCUT2D eigenvalue weighted by Crippen LogP contribution is 2.37. The van der Waals surface area contributed by atoms with Crippen LogP contribution < -0.4 is 19.6 Å². The highest BCUT2D eigenvalue weighted by atomic mass is 32.2. The van der Waals surface area contributed by atoms with E-state index in [1.165, 1.54) is 11.8 Å². The molecule has 27 heavy (non-hydrogen) atoms. The van der Waals surface area contributed by atoms with E-state index in [1.54, 1.807) is 45.2 Å². The fourth-order valence-electron chi connectivity index (χ4n) is 2.31. The number of methoxy groups -OCH3 is 3. The molecule has 1 N–H and O–H groups in total. The molecule has 7 heteroatoms. The van der Waals surface area contributed by atoms with Gasteiger partial charge in [0.25, 0.3) is 5.91 Å². The molecule has 1 atom stereocenters. The fourth-order valence-corrected chi connectivity index (χ4v) is 3.15. The second kappa shape index (κ2) is 10.5. The molecule has 0 saturated heterocycles. The lowest BCUT2D eigenvalue weighted by Crippen LogP contribution is -2.27. The minimum absolute atomic E-state index is 0.153. The first-order valence-electron chi connectivity index (χ1n) is 8.37. The van der Waals surface area contributed by atoms with E-state index in [0.29, 0.717) is 17.2 Å². The van der Waals surface area contributed by atoms with E-state index in [4.69, 9.17) is 14.2 Å². The summed E-state index contributed by atoms with van der Waals surface area (Å²) in [7, 11) is 4.64. The van der Waals surface area contributed by atoms with Gasteiger partial charge in [0.1, 0.15) is 0 Å². The molecular weight excluding hydrogens is 364 g/mol. The van der Waals surface area contributed by atoms with Gasteiger partial charge in [-0.3, -0.25) is 4.79 Å². The molecule has 0 radical (unpaired) electrons. The van der Waals surface area contributed by atoms with E-state index in [2.05, 4.69) is 10.5 Å². The number of ether oxygens (including phenoxy) is 3. The number of carbonyl (C=O) groups is 1. The zero-order valence-electron chi connectivity index (χ0n) is 15.9. The molecule has 0 saturated carbocycles. The Morgan fingerprint density at radius 3 is 2.30 bits per heavy atom. The van der Waals surface area contributed by atoms with E-state index in [0.717, 1.165) is 11.3 Å². The van der Waals surface area contributed by atoms with Gasteiger partial charge in [-0.2, -0.15) is 5.10 Å². The minimum Gasteiger partial charge on any atom is -0.493 e. The van der Waals surface area contributed by atoms with Gasteiger partial charge in [0.15, 0.2) is 11.5 Å². The van der Waals surface area contributed by atoms with Crippen molar-refractivity contribution in [3.8, 4) is 17.2 Å². The van der Waals surface area contributed by atoms with Gasteiger partial charge >= 0.3 is 0 Å². The van der Waals surface area contributed by atoms with Gasteiger partial charge in [-0.1, -0.05) is 30.3 Å². The van der Waals surface area contributed by atoms with Crippen LogP contribution in [0.25, 0.3) is 0 Å². The summed E-state index contributed by atoms with van der Waals surface area (Å²) in [5.74, 6) is 2.17. The average Bonchev–Trinajstić information content (AvgIpc) is 2.71. The second-order valence-electron chi connectivity index (χ2n) is 5.63. The summed E-state index contributed by atoms with van der Waals surface area (Å²) in [6.07, 6.45) is 1.54. The lowest BCUT2D eigenvalue weighted by molar-refractivity contribution is -0.120. The molecule has 0 spiro atoms. The van der Waals surface area contributed by atoms with Crippen molar-refractivity contribution in [3.63, 3.8) is 0 Å². The van der Waals surface area contributed by atoms with Gasteiger partial charge in [-0.05, 0) is 24.6 Å². The molecule has 2 rings (SSSR count). The standard InChI is InChI=1S/C20H24N2O4S/c1-14(27-13-15-8-6-5-7-9-15)20(23)22-21-12-16-10-17(24-2)19(26-4)18(11-16)25-3/h5-12,14H,13H2,1-4H3,(H,22,23)/b21-12-/t14-/m1/s1. The first-order valence-corrected chi connectivity index (χ1v) is 9.42. The molecule has 0 aliphatic heterocycles. The Morgan fingerprint density at radius 1 is 1.11 bits per heavy atom. The smallest absolute Gasteiger partial charge is 0.252 e. The fraction of sp³-hybridized carbons (Fsp3) is 0.300. The molecule has 1 amide bonds. The number of hydrogen-bond donors (Lipinski definition) is 1. The molecule has 0 aliphatic carbocycles. The Kier molecular flexibility index (Phi) is 8.00. The van der Waals surface area contributed by atoms with Crippen molar-refractivity contribution in [2.45, 2.75) is 17.9 Å². The predicted octanol–water partition coefficient (Wildman–Crippen LogP) is 3.48. The van der Waals surface area contributed by atoms with Crippen LogP contribution >= 0.6 is 11.8 Å². The van der Waals surface area contributed by atoms with E-state index >= 15 is 0 Å². The van der Waals surface area contributed by atoms with Crippen molar-refractivity contribution in [1.82, 2.24) is 5.43 Å². The first kappa shape index (κ1) is 20.6. The van der Waals surface area contributed by atoms with Crippen LogP contribution in [0.5, 0.6) is 17.2 Å². The van der Waals surface area contributed by atoms with E-state index in [1.807, 2.05) is 37.3 Å². The number of hydrazone groups is 1. The van der Waals surface area contributed by atoms with E-state index < -0.39 is 0 Å². The maximum atomic E-state index is 12.2. The van der Waals surface area contributed by atoms with Crippen LogP contribution in [-0.2, 0) is 10.5 Å². The molecule has 144 valence electrons. The molecule has 0 heterocycles. The zero-order chi connectivity index (χ0) is 19.6. The first-order chi connectivity index (χ1) is 13.1. The third kappa shape index (κ3) is 5.92. The average molecular weight is 388 g/mol. The van der Waals surface area contributed by atoms with Crippen LogP contribution in [0.4, 0.5) is 0 Å². The van der Waals surface area contributed by atoms with Crippen molar-refractivity contribution in [1.29, 1.82) is 0 Å². The lowest BCUT2D eigenvalue weighted by atomic mass is 10.2. The van der Waals surface area contributed by atoms with Crippen molar-refractivity contribution in [3.05, 3.63) is 53.6 Å². The van der Waals surface area contributed by atoms with Gasteiger partial charge in [-0.25, -0.2) is 5.43 Å². The molecule has 0 fully saturated rings. The maximum absolute atomic E-state index is 12.2. The maximum Gasteiger partial charge on any atom is 0.252 e. The van der Waals surface area contributed by atoms with Gasteiger partial charge in [0, 0.05) is 11.3 Å². The van der Waals surface area contributed by atoms with Crippen molar-refractivity contribution >= 4 is 23.9 Å². The van der Waals surface area contributed by atoms with Gasteiger partial charge in [0.2, 0.25) is 5.75 Å². The lowest BCUT2D eigenvalue weighted by Gasteiger charge is -2.12. The number of rotatable bonds is 9. The highest BCUT2D eigenvalue weighted by molar-refractivity contribution is 7.99. The summed E-state index contributed by atoms with van der Waals surface area (Å²) < 4.78 is 15.9. The van der Waals surface area contributed by atoms with E-state index in [9.17, 15) is 4.79 Å². The van der Waals surface area contributed by atoms with Gasteiger partial charge in [-0.15, -0.1) is 11.8 Å². The number of nitrogens with one attached hydrogen (secondary N) is 1. The largest absolute Gasteiger partial charge is 0.493 e. The predicted molar refractivity (Wildman–Crippen MR) is 109 cm³/mol. The van der Waals surface area contributed by atoms with Crippen molar-refractivity contribution < 1.29 is 19.0 Å². The summed E-state index contributed by atoms with van der Waals surface area (Å²) >= 11 is 1.56. The number of hydrogen-bond acceptors (Lipinski definition) is 6. The van der Waals surface area contributed by atoms with Crippen LogP contribution in [0.1, 0.15) is 18.1 Å². The van der Waals surface area contributed by atoms with Crippen molar-refractivity contribution in [2.24, 2.45) is 5.10 Å². The monoisotopic (exact) mass is 388 g/mol. The summed E-state index contributed by atoms with van der Waals surface area (Å²) in [5, 5.41) is 3.81. The number of amides is 1. The Labute approximate surface area is 163 Å². The summed E-state index contributed by atoms with van der Waals surface area (Å²) in [4.78, 5) is 12.2. The molecule has 0 unspecified atom stereocenters. The molecule has 0 aliphatic rings. The Bertz CT molecular complexity index is 756. The minimum atomic E-state index is -0.220. The zero-order valence-corrected chi connectivity index (χ0v) is 16.7. The second-order valence-corrected chi connectivity index (χ2v) is 6.96. The molecule has 2 aromatic carbocycles. The Balaban J connectivity index is 1.94. The molecule has 2 aromatic rings. The normalized spacial score (nSPS) is 11.9. The molecule has 0 bridgehead atoms. The van der Waals surface area contributed by atoms with Crippen LogP contribution in [-0.4, -0.2) is 38.7 Å². The number of nitrogens with zero attached hydrogens (tertiary/aromatic N) is 1. The van der Waals surface area contributed by atoms with E-state index in [-0.39, 0.29) is 11.2 Å². The SMILES string of the molecule is COc1cc(/C=N\NC(=O)[C@@H](C)SCc2ccccc2)cc(OC)c1OC. The summed E-state index contributed by atoms with van der Waals surface area (Å²) in [5.41, 5.74) is 4.47. The number of thioether (sulfide) groups is 1. The van der Waals surface area contributed by atoms with Crippen LogP contribution in [0, 0.1) is 0 Å². The van der Waals surface area contributed by atoms with Crippen molar-refractivity contribution in [2.75, 3.05) is 21.3 Å².